The van der Waals surface area contributed by atoms with Gasteiger partial charge in [-0.2, -0.15) is 0 Å². The molecular formula is C18H26N2O10P2. The Bertz CT molecular complexity index is 825. The molecular weight excluding hydrogens is 466 g/mol. The Morgan fingerprint density at radius 1 is 0.719 bits per heavy atom. The van der Waals surface area contributed by atoms with Gasteiger partial charge in [0.2, 0.25) is 0 Å². The van der Waals surface area contributed by atoms with Gasteiger partial charge < -0.3 is 38.9 Å². The Labute approximate surface area is 184 Å². The molecule has 0 aliphatic rings. The summed E-state index contributed by atoms with van der Waals surface area (Å²) in [4.78, 5) is 61.1. The van der Waals surface area contributed by atoms with Crippen LogP contribution < -0.4 is 19.8 Å². The Morgan fingerprint density at radius 3 is 1.19 bits per heavy atom. The van der Waals surface area contributed by atoms with Crippen molar-refractivity contribution < 1.29 is 58.5 Å². The first-order valence-corrected chi connectivity index (χ1v) is 12.7. The predicted octanol–water partition coefficient (Wildman–Crippen LogP) is -0.886. The summed E-state index contributed by atoms with van der Waals surface area (Å²) in [5, 5.41) is 15.8. The number of carboxylic acids is 2. The fourth-order valence-corrected chi connectivity index (χ4v) is 2.89. The molecule has 32 heavy (non-hydrogen) atoms. The van der Waals surface area contributed by atoms with E-state index in [1.54, 1.807) is 0 Å². The molecule has 0 fully saturated rings. The van der Waals surface area contributed by atoms with Gasteiger partial charge in [0, 0.05) is 36.6 Å². The highest BCUT2D eigenvalue weighted by Crippen LogP contribution is 2.29. The van der Waals surface area contributed by atoms with Crippen molar-refractivity contribution in [2.45, 2.75) is 25.7 Å². The maximum Gasteiger partial charge on any atom is 0.303 e. The van der Waals surface area contributed by atoms with Crippen LogP contribution in [0.1, 0.15) is 24.0 Å². The van der Waals surface area contributed by atoms with E-state index in [1.807, 2.05) is 24.8 Å². The third-order valence-corrected chi connectivity index (χ3v) is 5.07. The molecule has 0 aliphatic carbocycles. The Morgan fingerprint density at radius 2 is 1.00 bits per heavy atom. The maximum absolute atomic E-state index is 9.86. The largest absolute Gasteiger partial charge is 0.779 e. The van der Waals surface area contributed by atoms with Crippen molar-refractivity contribution in [1.82, 2.24) is 0 Å². The van der Waals surface area contributed by atoms with Crippen LogP contribution in [-0.2, 0) is 31.6 Å². The first-order valence-electron chi connectivity index (χ1n) is 9.18. The third kappa shape index (κ3) is 20.8. The number of hydrogen-bond donors (Lipinski definition) is 4. The normalized spacial score (nSPS) is 13.8. The maximum atomic E-state index is 9.86. The molecule has 2 aromatic rings. The third-order valence-electron chi connectivity index (χ3n) is 3.49. The van der Waals surface area contributed by atoms with Crippen LogP contribution in [0, 0.1) is 0 Å². The van der Waals surface area contributed by atoms with Crippen LogP contribution in [0.15, 0.2) is 49.1 Å². The summed E-state index contributed by atoms with van der Waals surface area (Å²) >= 11 is 0. The minimum absolute atomic E-state index is 0.544. The van der Waals surface area contributed by atoms with Gasteiger partial charge in [-0.1, -0.05) is 0 Å². The number of aryl methyl sites for hydroxylation is 2. The quantitative estimate of drug-likeness (QED) is 0.316. The van der Waals surface area contributed by atoms with Crippen LogP contribution in [0.4, 0.5) is 0 Å². The molecule has 0 aliphatic heterocycles. The molecule has 0 radical (unpaired) electrons. The summed E-state index contributed by atoms with van der Waals surface area (Å²) in [5.74, 6) is -2.47. The van der Waals surface area contributed by atoms with Gasteiger partial charge in [-0.3, -0.25) is 9.59 Å². The molecule has 2 heterocycles. The average molecular weight is 492 g/mol. The molecule has 2 unspecified atom stereocenters. The molecule has 6 N–H and O–H groups in total. The molecule has 0 spiro atoms. The molecule has 14 heteroatoms. The average Bonchev–Trinajstić information content (AvgIpc) is 2.71. The lowest BCUT2D eigenvalue weighted by Crippen LogP contribution is -2.07. The minimum Gasteiger partial charge on any atom is -0.779 e. The fourth-order valence-electron chi connectivity index (χ4n) is 1.94. The summed E-state index contributed by atoms with van der Waals surface area (Å²) in [6.07, 6.45) is 7.58. The van der Waals surface area contributed by atoms with Crippen LogP contribution >= 0.6 is 15.2 Å². The van der Waals surface area contributed by atoms with Crippen molar-refractivity contribution in [1.29, 1.82) is 0 Å². The van der Waals surface area contributed by atoms with Gasteiger partial charge in [0.05, 0.1) is 12.8 Å². The van der Waals surface area contributed by atoms with Crippen molar-refractivity contribution in [2.24, 2.45) is 0 Å². The highest BCUT2D eigenvalue weighted by Gasteiger charge is 2.05. The number of nitrogens with one attached hydrogen (secondary N) is 2. The van der Waals surface area contributed by atoms with Gasteiger partial charge in [-0.25, -0.2) is 9.97 Å². The summed E-state index contributed by atoms with van der Waals surface area (Å²) in [5.41, 5.74) is 2.74. The van der Waals surface area contributed by atoms with Crippen LogP contribution in [0.25, 0.3) is 0 Å². The standard InChI is InChI=1S/C12H12N2.2C3H7O5P/c1(11-3-7-13-8-4-11)2-12-5-9-14-10-6-12;2*4-3(5)1-2-9(6,7)8/h3-10H,1-2H2;2*1-2H2,(H,4,5)(H2,6,7,8). The zero-order valence-electron chi connectivity index (χ0n) is 17.0. The van der Waals surface area contributed by atoms with Crippen molar-refractivity contribution in [3.63, 3.8) is 0 Å². The number of carboxylic acid groups (broad SMARTS) is 2. The monoisotopic (exact) mass is 492 g/mol. The van der Waals surface area contributed by atoms with E-state index in [0.717, 1.165) is 12.8 Å². The van der Waals surface area contributed by atoms with Gasteiger partial charge >= 0.3 is 11.9 Å². The Kier molecular flexibility index (Phi) is 14.2. The SMILES string of the molecule is O=C(O)CCP(=O)([O-])O.O=C(O)CCP(=O)([O-])O.c1cc(CCc2cc[nH+]cc2)cc[nH+]1. The van der Waals surface area contributed by atoms with Gasteiger partial charge in [0.1, 0.15) is 15.2 Å². The molecule has 0 aromatic carbocycles. The number of hydrogen-bond acceptors (Lipinski definition) is 6. The number of aliphatic carboxylic acids is 2. The lowest BCUT2D eigenvalue weighted by molar-refractivity contribution is -0.378. The lowest BCUT2D eigenvalue weighted by Gasteiger charge is -2.12. The molecule has 0 bridgehead atoms. The number of carbonyl (C=O) groups is 2. The van der Waals surface area contributed by atoms with E-state index in [9.17, 15) is 28.5 Å². The summed E-state index contributed by atoms with van der Waals surface area (Å²) in [7, 11) is -8.70. The number of H-pyrrole nitrogens is 2. The molecule has 2 aromatic heterocycles. The van der Waals surface area contributed by atoms with Crippen molar-refractivity contribution in [3.8, 4) is 0 Å². The van der Waals surface area contributed by atoms with E-state index in [4.69, 9.17) is 20.0 Å². The van der Waals surface area contributed by atoms with E-state index >= 15 is 0 Å². The zero-order chi connectivity index (χ0) is 24.6. The first kappa shape index (κ1) is 29.5. The summed E-state index contributed by atoms with van der Waals surface area (Å²) in [6.45, 7) is 0. The number of aromatic amines is 2. The second-order valence-electron chi connectivity index (χ2n) is 6.33. The van der Waals surface area contributed by atoms with Gasteiger partial charge in [-0.15, -0.1) is 0 Å². The van der Waals surface area contributed by atoms with Crippen LogP contribution in [0.3, 0.4) is 0 Å². The fraction of sp³-hybridized carbons (Fsp3) is 0.333. The number of aromatic nitrogens is 2. The van der Waals surface area contributed by atoms with Gasteiger partial charge in [0.15, 0.2) is 24.8 Å². The molecule has 12 nitrogen and oxygen atoms in total. The van der Waals surface area contributed by atoms with Crippen molar-refractivity contribution in [2.75, 3.05) is 12.3 Å². The first-order chi connectivity index (χ1) is 14.8. The molecule has 2 atom stereocenters. The second kappa shape index (κ2) is 15.4. The molecule has 178 valence electrons. The van der Waals surface area contributed by atoms with Crippen molar-refractivity contribution in [3.05, 3.63) is 60.2 Å². The number of pyridine rings is 2. The van der Waals surface area contributed by atoms with Crippen LogP contribution in [0.5, 0.6) is 0 Å². The van der Waals surface area contributed by atoms with Gasteiger partial charge in [-0.05, 0) is 24.0 Å². The van der Waals surface area contributed by atoms with E-state index in [-0.39, 0.29) is 0 Å². The molecule has 0 amide bonds. The Hall–Kier alpha value is -2.46. The van der Waals surface area contributed by atoms with E-state index < -0.39 is 52.3 Å². The van der Waals surface area contributed by atoms with E-state index in [2.05, 4.69) is 34.2 Å². The molecule has 0 saturated carbocycles. The topological polar surface area (TPSA) is 224 Å². The van der Waals surface area contributed by atoms with Crippen LogP contribution in [0.2, 0.25) is 0 Å². The zero-order valence-corrected chi connectivity index (χ0v) is 18.8. The summed E-state index contributed by atoms with van der Waals surface area (Å²) in [6, 6.07) is 8.48. The molecule has 2 rings (SSSR count). The van der Waals surface area contributed by atoms with Crippen molar-refractivity contribution >= 4 is 27.1 Å². The van der Waals surface area contributed by atoms with Crippen LogP contribution in [-0.4, -0.2) is 44.3 Å². The minimum atomic E-state index is -4.35. The summed E-state index contributed by atoms with van der Waals surface area (Å²) < 4.78 is 19.7. The predicted molar refractivity (Wildman–Crippen MR) is 107 cm³/mol. The number of rotatable bonds is 9. The lowest BCUT2D eigenvalue weighted by atomic mass is 10.1. The molecule has 0 saturated heterocycles. The second-order valence-corrected chi connectivity index (χ2v) is 9.77. The highest BCUT2D eigenvalue weighted by atomic mass is 31.2. The van der Waals surface area contributed by atoms with E-state index in [0.29, 0.717) is 0 Å². The smallest absolute Gasteiger partial charge is 0.303 e. The highest BCUT2D eigenvalue weighted by molar-refractivity contribution is 7.50. The van der Waals surface area contributed by atoms with E-state index in [1.165, 1.54) is 11.1 Å². The Balaban J connectivity index is 0.000000474. The van der Waals surface area contributed by atoms with Gasteiger partial charge in [0.25, 0.3) is 0 Å².